The number of carbonyl (C=O) groups excluding carboxylic acids is 1. The first-order valence-electron chi connectivity index (χ1n) is 6.73. The van der Waals surface area contributed by atoms with Crippen LogP contribution in [-0.2, 0) is 4.79 Å². The molecule has 4 bridgehead atoms. The van der Waals surface area contributed by atoms with Crippen LogP contribution >= 0.6 is 0 Å². The van der Waals surface area contributed by atoms with Crippen LogP contribution < -0.4 is 0 Å². The second-order valence-electron chi connectivity index (χ2n) is 6.92. The molecule has 2 atom stereocenters. The molecule has 5 nitrogen and oxygen atoms in total. The van der Waals surface area contributed by atoms with Crippen LogP contribution in [0.2, 0.25) is 0 Å². The molecule has 2 unspecified atom stereocenters. The van der Waals surface area contributed by atoms with Crippen molar-refractivity contribution in [1.29, 1.82) is 0 Å². The van der Waals surface area contributed by atoms with Gasteiger partial charge < -0.3 is 4.90 Å². The number of nitro groups is 1. The van der Waals surface area contributed by atoms with E-state index in [9.17, 15) is 14.9 Å². The number of rotatable bonds is 2. The van der Waals surface area contributed by atoms with E-state index in [1.807, 2.05) is 0 Å². The average Bonchev–Trinajstić information content (AvgIpc) is 2.25. The fourth-order valence-corrected chi connectivity index (χ4v) is 5.15. The average molecular weight is 252 g/mol. The van der Waals surface area contributed by atoms with Crippen LogP contribution in [0.5, 0.6) is 0 Å². The Morgan fingerprint density at radius 2 is 1.78 bits per heavy atom. The minimum Gasteiger partial charge on any atom is -0.348 e. The Kier molecular flexibility index (Phi) is 2.29. The largest absolute Gasteiger partial charge is 0.348 e. The molecule has 0 spiro atoms. The van der Waals surface area contributed by atoms with E-state index in [2.05, 4.69) is 0 Å². The van der Waals surface area contributed by atoms with Crippen LogP contribution in [0.3, 0.4) is 0 Å². The summed E-state index contributed by atoms with van der Waals surface area (Å²) >= 11 is 0. The van der Waals surface area contributed by atoms with Gasteiger partial charge in [0.2, 0.25) is 11.4 Å². The lowest BCUT2D eigenvalue weighted by atomic mass is 9.46. The molecule has 0 heterocycles. The highest BCUT2D eigenvalue weighted by atomic mass is 16.6. The first-order chi connectivity index (χ1) is 8.37. The third-order valence-corrected chi connectivity index (χ3v) is 5.28. The molecule has 0 aromatic carbocycles. The van der Waals surface area contributed by atoms with E-state index in [1.54, 1.807) is 19.0 Å². The van der Waals surface area contributed by atoms with Gasteiger partial charge in [-0.3, -0.25) is 14.9 Å². The highest BCUT2D eigenvalue weighted by Gasteiger charge is 2.66. The maximum Gasteiger partial charge on any atom is 0.228 e. The van der Waals surface area contributed by atoms with E-state index >= 15 is 0 Å². The van der Waals surface area contributed by atoms with Gasteiger partial charge in [-0.25, -0.2) is 0 Å². The van der Waals surface area contributed by atoms with Crippen LogP contribution in [0.4, 0.5) is 0 Å². The second kappa shape index (κ2) is 3.45. The second-order valence-corrected chi connectivity index (χ2v) is 6.92. The minimum absolute atomic E-state index is 0.0812. The van der Waals surface area contributed by atoms with Crippen molar-refractivity contribution in [3.8, 4) is 0 Å². The molecule has 5 heteroatoms. The fourth-order valence-electron chi connectivity index (χ4n) is 5.15. The van der Waals surface area contributed by atoms with Gasteiger partial charge in [0.25, 0.3) is 0 Å². The van der Waals surface area contributed by atoms with Gasteiger partial charge in [0.1, 0.15) is 0 Å². The molecule has 4 saturated carbocycles. The number of nitrogens with zero attached hydrogens (tertiary/aromatic N) is 2. The van der Waals surface area contributed by atoms with Crippen molar-refractivity contribution >= 4 is 5.91 Å². The predicted octanol–water partition coefficient (Wildman–Crippen LogP) is 1.69. The van der Waals surface area contributed by atoms with E-state index in [0.29, 0.717) is 31.1 Å². The van der Waals surface area contributed by atoms with Gasteiger partial charge in [0.15, 0.2) is 0 Å². The van der Waals surface area contributed by atoms with Gasteiger partial charge in [-0.15, -0.1) is 0 Å². The quantitative estimate of drug-likeness (QED) is 0.555. The summed E-state index contributed by atoms with van der Waals surface area (Å²) in [5, 5.41) is 11.5. The summed E-state index contributed by atoms with van der Waals surface area (Å²) in [5.41, 5.74) is -1.23. The molecule has 0 radical (unpaired) electrons. The lowest BCUT2D eigenvalue weighted by Crippen LogP contribution is -2.62. The van der Waals surface area contributed by atoms with Crippen molar-refractivity contribution in [3.05, 3.63) is 10.1 Å². The molecule has 0 aromatic rings. The van der Waals surface area contributed by atoms with Crippen LogP contribution in [0, 0.1) is 27.4 Å². The maximum absolute atomic E-state index is 12.5. The summed E-state index contributed by atoms with van der Waals surface area (Å²) in [5.74, 6) is 0.893. The zero-order valence-electron chi connectivity index (χ0n) is 11.0. The van der Waals surface area contributed by atoms with Gasteiger partial charge in [0.05, 0.1) is 5.41 Å². The molecule has 4 rings (SSSR count). The van der Waals surface area contributed by atoms with Crippen molar-refractivity contribution in [2.45, 2.75) is 44.1 Å². The SMILES string of the molecule is CN(C)C(=O)C12CC3CC(C1)CC([N+](=O)[O-])(C3)C2. The number of amides is 1. The molecular weight excluding hydrogens is 232 g/mol. The Bertz CT molecular complexity index is 404. The topological polar surface area (TPSA) is 63.5 Å². The zero-order chi connectivity index (χ0) is 13.1. The minimum atomic E-state index is -0.796. The normalized spacial score (nSPS) is 45.0. The van der Waals surface area contributed by atoms with Crippen LogP contribution in [0.25, 0.3) is 0 Å². The molecule has 0 saturated heterocycles. The smallest absolute Gasteiger partial charge is 0.228 e. The van der Waals surface area contributed by atoms with Crippen molar-refractivity contribution < 1.29 is 9.72 Å². The maximum atomic E-state index is 12.5. The Morgan fingerprint density at radius 1 is 1.22 bits per heavy atom. The lowest BCUT2D eigenvalue weighted by molar-refractivity contribution is -0.590. The molecule has 0 aromatic heterocycles. The van der Waals surface area contributed by atoms with E-state index in [1.165, 1.54) is 0 Å². The predicted molar refractivity (Wildman–Crippen MR) is 65.5 cm³/mol. The number of carbonyl (C=O) groups is 1. The Hall–Kier alpha value is -1.13. The molecule has 0 N–H and O–H groups in total. The molecule has 0 aliphatic heterocycles. The Labute approximate surface area is 107 Å². The molecule has 4 aliphatic rings. The number of hydrogen-bond donors (Lipinski definition) is 0. The Morgan fingerprint density at radius 3 is 2.22 bits per heavy atom. The van der Waals surface area contributed by atoms with Gasteiger partial charge >= 0.3 is 0 Å². The summed E-state index contributed by atoms with van der Waals surface area (Å²) in [6.45, 7) is 0. The number of hydrogen-bond acceptors (Lipinski definition) is 3. The van der Waals surface area contributed by atoms with E-state index in [-0.39, 0.29) is 10.8 Å². The van der Waals surface area contributed by atoms with Crippen molar-refractivity contribution in [1.82, 2.24) is 4.90 Å². The third-order valence-electron chi connectivity index (χ3n) is 5.28. The highest BCUT2D eigenvalue weighted by Crippen LogP contribution is 2.62. The van der Waals surface area contributed by atoms with Gasteiger partial charge in [-0.05, 0) is 31.1 Å². The standard InChI is InChI=1S/C13H20N2O3/c1-14(2)11(16)12-4-9-3-10(5-12)7-13(6-9,8-12)15(17)18/h9-10H,3-8H2,1-2H3. The third kappa shape index (κ3) is 1.42. The summed E-state index contributed by atoms with van der Waals surface area (Å²) in [4.78, 5) is 25.5. The monoisotopic (exact) mass is 252 g/mol. The zero-order valence-corrected chi connectivity index (χ0v) is 11.0. The van der Waals surface area contributed by atoms with E-state index < -0.39 is 11.0 Å². The Balaban J connectivity index is 1.99. The van der Waals surface area contributed by atoms with Crippen LogP contribution in [0.1, 0.15) is 38.5 Å². The first kappa shape index (κ1) is 11.9. The summed E-state index contributed by atoms with van der Waals surface area (Å²) in [6.07, 6.45) is 4.69. The summed E-state index contributed by atoms with van der Waals surface area (Å²) in [6, 6.07) is 0. The lowest BCUT2D eigenvalue weighted by Gasteiger charge is -2.57. The van der Waals surface area contributed by atoms with Crippen molar-refractivity contribution in [2.24, 2.45) is 17.3 Å². The van der Waals surface area contributed by atoms with Crippen LogP contribution in [0.15, 0.2) is 0 Å². The molecule has 100 valence electrons. The molecule has 18 heavy (non-hydrogen) atoms. The van der Waals surface area contributed by atoms with Crippen molar-refractivity contribution in [2.75, 3.05) is 14.1 Å². The molecular formula is C13H20N2O3. The first-order valence-corrected chi connectivity index (χ1v) is 6.73. The highest BCUT2D eigenvalue weighted by molar-refractivity contribution is 5.83. The molecule has 1 amide bonds. The van der Waals surface area contributed by atoms with Gasteiger partial charge in [-0.1, -0.05) is 0 Å². The molecule has 4 fully saturated rings. The molecule has 4 aliphatic carbocycles. The van der Waals surface area contributed by atoms with Crippen molar-refractivity contribution in [3.63, 3.8) is 0 Å². The van der Waals surface area contributed by atoms with Crippen LogP contribution in [-0.4, -0.2) is 35.4 Å². The van der Waals surface area contributed by atoms with E-state index in [0.717, 1.165) is 19.3 Å². The van der Waals surface area contributed by atoms with E-state index in [4.69, 9.17) is 0 Å². The fraction of sp³-hybridized carbons (Fsp3) is 0.923. The van der Waals surface area contributed by atoms with Gasteiger partial charge in [0, 0.05) is 38.3 Å². The van der Waals surface area contributed by atoms with Gasteiger partial charge in [-0.2, -0.15) is 0 Å². The summed E-state index contributed by atoms with van der Waals surface area (Å²) in [7, 11) is 3.53. The summed E-state index contributed by atoms with van der Waals surface area (Å²) < 4.78 is 0.